The molecule has 0 bridgehead atoms. The lowest BCUT2D eigenvalue weighted by Gasteiger charge is -2.32. The summed E-state index contributed by atoms with van der Waals surface area (Å²) >= 11 is 12.2. The molecule has 1 fully saturated rings. The third kappa shape index (κ3) is 4.82. The highest BCUT2D eigenvalue weighted by atomic mass is 35.5. The zero-order valence-electron chi connectivity index (χ0n) is 15.5. The molecule has 148 valence electrons. The van der Waals surface area contributed by atoms with Crippen molar-refractivity contribution in [1.82, 2.24) is 4.90 Å². The van der Waals surface area contributed by atoms with Crippen LogP contribution in [-0.2, 0) is 11.3 Å². The number of piperidine rings is 1. The Balaban J connectivity index is 1.66. The lowest BCUT2D eigenvalue weighted by molar-refractivity contribution is -0.385. The first kappa shape index (κ1) is 20.6. The minimum atomic E-state index is -0.441. The first-order valence-corrected chi connectivity index (χ1v) is 9.82. The van der Waals surface area contributed by atoms with Crippen molar-refractivity contribution in [2.24, 2.45) is 5.92 Å². The van der Waals surface area contributed by atoms with Gasteiger partial charge in [-0.1, -0.05) is 35.3 Å². The zero-order chi connectivity index (χ0) is 20.3. The molecule has 1 saturated heterocycles. The van der Waals surface area contributed by atoms with Crippen LogP contribution in [-0.4, -0.2) is 28.8 Å². The van der Waals surface area contributed by atoms with Crippen LogP contribution in [0.4, 0.5) is 11.4 Å². The number of likely N-dealkylation sites (tertiary alicyclic amines) is 1. The van der Waals surface area contributed by atoms with Gasteiger partial charge in [-0.25, -0.2) is 0 Å². The second-order valence-electron chi connectivity index (χ2n) is 7.01. The summed E-state index contributed by atoms with van der Waals surface area (Å²) in [5.41, 5.74) is 1.92. The lowest BCUT2D eigenvalue weighted by atomic mass is 9.96. The van der Waals surface area contributed by atoms with Crippen molar-refractivity contribution >= 4 is 40.5 Å². The van der Waals surface area contributed by atoms with Gasteiger partial charge in [0.1, 0.15) is 0 Å². The molecule has 1 aliphatic rings. The number of nitro groups is 1. The quantitative estimate of drug-likeness (QED) is 0.540. The Bertz CT molecular complexity index is 904. The van der Waals surface area contributed by atoms with Crippen LogP contribution in [0.15, 0.2) is 36.4 Å². The van der Waals surface area contributed by atoms with E-state index in [1.165, 1.54) is 6.07 Å². The third-order valence-electron chi connectivity index (χ3n) is 5.05. The van der Waals surface area contributed by atoms with E-state index < -0.39 is 4.92 Å². The Kier molecular flexibility index (Phi) is 6.54. The van der Waals surface area contributed by atoms with E-state index in [1.807, 2.05) is 12.1 Å². The predicted octanol–water partition coefficient (Wildman–Crippen LogP) is 5.06. The molecule has 6 nitrogen and oxygen atoms in total. The zero-order valence-corrected chi connectivity index (χ0v) is 17.0. The third-order valence-corrected chi connectivity index (χ3v) is 5.63. The Labute approximate surface area is 173 Å². The highest BCUT2D eigenvalue weighted by Crippen LogP contribution is 2.28. The fourth-order valence-corrected chi connectivity index (χ4v) is 3.96. The first-order chi connectivity index (χ1) is 13.3. The van der Waals surface area contributed by atoms with E-state index in [2.05, 4.69) is 10.2 Å². The van der Waals surface area contributed by atoms with E-state index in [1.54, 1.807) is 25.1 Å². The summed E-state index contributed by atoms with van der Waals surface area (Å²) in [7, 11) is 0. The number of rotatable bonds is 5. The molecule has 28 heavy (non-hydrogen) atoms. The molecule has 2 aromatic carbocycles. The maximum Gasteiger partial charge on any atom is 0.274 e. The number of amides is 1. The van der Waals surface area contributed by atoms with Crippen LogP contribution >= 0.6 is 23.2 Å². The van der Waals surface area contributed by atoms with E-state index in [0.717, 1.165) is 24.9 Å². The molecule has 1 unspecified atom stereocenters. The number of anilines is 1. The first-order valence-electron chi connectivity index (χ1n) is 9.06. The molecule has 2 aromatic rings. The molecule has 0 saturated carbocycles. The van der Waals surface area contributed by atoms with Crippen LogP contribution in [0.2, 0.25) is 10.0 Å². The number of nitro benzene ring substituents is 1. The molecule has 1 aliphatic heterocycles. The van der Waals surface area contributed by atoms with Crippen LogP contribution in [0.25, 0.3) is 0 Å². The van der Waals surface area contributed by atoms with Gasteiger partial charge in [0, 0.05) is 29.2 Å². The van der Waals surface area contributed by atoms with Crippen molar-refractivity contribution in [3.05, 3.63) is 67.7 Å². The monoisotopic (exact) mass is 421 g/mol. The summed E-state index contributed by atoms with van der Waals surface area (Å²) in [6.45, 7) is 3.79. The molecule has 3 rings (SSSR count). The summed E-state index contributed by atoms with van der Waals surface area (Å²) in [5.74, 6) is -0.297. The summed E-state index contributed by atoms with van der Waals surface area (Å²) in [6.07, 6.45) is 1.68. The van der Waals surface area contributed by atoms with E-state index in [0.29, 0.717) is 34.4 Å². The van der Waals surface area contributed by atoms with Crippen molar-refractivity contribution in [2.45, 2.75) is 26.3 Å². The minimum Gasteiger partial charge on any atom is -0.325 e. The van der Waals surface area contributed by atoms with Gasteiger partial charge in [-0.15, -0.1) is 0 Å². The molecule has 0 spiro atoms. The highest BCUT2D eigenvalue weighted by molar-refractivity contribution is 6.35. The Hall–Kier alpha value is -2.15. The summed E-state index contributed by atoms with van der Waals surface area (Å²) in [5, 5.41) is 15.2. The van der Waals surface area contributed by atoms with Gasteiger partial charge in [-0.2, -0.15) is 0 Å². The Morgan fingerprint density at radius 3 is 2.82 bits per heavy atom. The Morgan fingerprint density at radius 1 is 1.32 bits per heavy atom. The van der Waals surface area contributed by atoms with Gasteiger partial charge in [-0.3, -0.25) is 19.8 Å². The molecule has 1 heterocycles. The SMILES string of the molecule is Cc1c(NC(=O)C2CCCN(Cc3ccc(Cl)cc3Cl)C2)cccc1[N+](=O)[O-]. The van der Waals surface area contributed by atoms with Crippen molar-refractivity contribution in [3.8, 4) is 0 Å². The van der Waals surface area contributed by atoms with Crippen molar-refractivity contribution in [2.75, 3.05) is 18.4 Å². The van der Waals surface area contributed by atoms with E-state index in [9.17, 15) is 14.9 Å². The molecular formula is C20H21Cl2N3O3. The Morgan fingerprint density at radius 2 is 2.11 bits per heavy atom. The lowest BCUT2D eigenvalue weighted by Crippen LogP contribution is -2.40. The van der Waals surface area contributed by atoms with Gasteiger partial charge in [0.15, 0.2) is 0 Å². The summed E-state index contributed by atoms with van der Waals surface area (Å²) in [4.78, 5) is 25.6. The molecule has 8 heteroatoms. The van der Waals surface area contributed by atoms with E-state index in [4.69, 9.17) is 23.2 Å². The van der Waals surface area contributed by atoms with Crippen molar-refractivity contribution < 1.29 is 9.72 Å². The molecule has 1 atom stereocenters. The number of carbonyl (C=O) groups excluding carboxylic acids is 1. The fraction of sp³-hybridized carbons (Fsp3) is 0.350. The minimum absolute atomic E-state index is 0.000418. The molecule has 1 N–H and O–H groups in total. The maximum atomic E-state index is 12.8. The number of nitrogens with one attached hydrogen (secondary N) is 1. The maximum absolute atomic E-state index is 12.8. The number of hydrogen-bond donors (Lipinski definition) is 1. The van der Waals surface area contributed by atoms with Gasteiger partial charge in [0.2, 0.25) is 5.91 Å². The summed E-state index contributed by atoms with van der Waals surface area (Å²) in [6, 6.07) is 10.1. The predicted molar refractivity (Wildman–Crippen MR) is 111 cm³/mol. The van der Waals surface area contributed by atoms with E-state index >= 15 is 0 Å². The topological polar surface area (TPSA) is 75.5 Å². The molecule has 0 aliphatic carbocycles. The van der Waals surface area contributed by atoms with Crippen LogP contribution in [0.1, 0.15) is 24.0 Å². The van der Waals surface area contributed by atoms with Gasteiger partial charge in [0.25, 0.3) is 5.69 Å². The number of nitrogens with zero attached hydrogens (tertiary/aromatic N) is 2. The summed E-state index contributed by atoms with van der Waals surface area (Å²) < 4.78 is 0. The van der Waals surface area contributed by atoms with Gasteiger partial charge < -0.3 is 5.32 Å². The van der Waals surface area contributed by atoms with E-state index in [-0.39, 0.29) is 17.5 Å². The standard InChI is InChI=1S/C20H21Cl2N3O3/c1-13-18(5-2-6-19(13)25(27)28)23-20(26)15-4-3-9-24(12-15)11-14-7-8-16(21)10-17(14)22/h2,5-8,10,15H,3-4,9,11-12H2,1H3,(H,23,26). The highest BCUT2D eigenvalue weighted by Gasteiger charge is 2.27. The molecular weight excluding hydrogens is 401 g/mol. The van der Waals surface area contributed by atoms with Crippen molar-refractivity contribution in [3.63, 3.8) is 0 Å². The fourth-order valence-electron chi connectivity index (χ4n) is 3.50. The van der Waals surface area contributed by atoms with Crippen LogP contribution in [0, 0.1) is 23.0 Å². The van der Waals surface area contributed by atoms with Gasteiger partial charge in [-0.05, 0) is 50.1 Å². The number of carbonyl (C=O) groups is 1. The van der Waals surface area contributed by atoms with Crippen LogP contribution in [0.5, 0.6) is 0 Å². The van der Waals surface area contributed by atoms with Crippen LogP contribution in [0.3, 0.4) is 0 Å². The van der Waals surface area contributed by atoms with Crippen LogP contribution < -0.4 is 5.32 Å². The average molecular weight is 422 g/mol. The smallest absolute Gasteiger partial charge is 0.274 e. The number of benzene rings is 2. The van der Waals surface area contributed by atoms with Crippen molar-refractivity contribution in [1.29, 1.82) is 0 Å². The second kappa shape index (κ2) is 8.90. The largest absolute Gasteiger partial charge is 0.325 e. The number of halogens is 2. The second-order valence-corrected chi connectivity index (χ2v) is 7.85. The van der Waals surface area contributed by atoms with Gasteiger partial charge >= 0.3 is 0 Å². The molecule has 0 radical (unpaired) electrons. The number of hydrogen-bond acceptors (Lipinski definition) is 4. The molecule has 1 amide bonds. The molecule has 0 aromatic heterocycles. The van der Waals surface area contributed by atoms with Gasteiger partial charge in [0.05, 0.1) is 22.1 Å². The average Bonchev–Trinajstić information content (AvgIpc) is 2.65. The normalized spacial score (nSPS) is 17.3.